The summed E-state index contributed by atoms with van der Waals surface area (Å²) in [5.41, 5.74) is 3.01. The molecule has 0 amide bonds. The minimum atomic E-state index is 0.780. The van der Waals surface area contributed by atoms with Gasteiger partial charge in [0.15, 0.2) is 0 Å². The van der Waals surface area contributed by atoms with E-state index in [1.165, 1.54) is 11.8 Å². The summed E-state index contributed by atoms with van der Waals surface area (Å²) in [5, 5.41) is 12.9. The van der Waals surface area contributed by atoms with Crippen molar-refractivity contribution in [2.75, 3.05) is 0 Å². The Kier molecular flexibility index (Phi) is 1.77. The summed E-state index contributed by atoms with van der Waals surface area (Å²) in [6.45, 7) is 2.04. The number of benzene rings is 1. The highest BCUT2D eigenvalue weighted by atomic mass is 16.5. The Hall–Kier alpha value is -1.77. The van der Waals surface area contributed by atoms with Crippen LogP contribution in [0.2, 0.25) is 0 Å². The summed E-state index contributed by atoms with van der Waals surface area (Å²) in [6, 6.07) is 9.78. The third-order valence-electron chi connectivity index (χ3n) is 1.92. The van der Waals surface area contributed by atoms with Crippen LogP contribution in [-0.4, -0.2) is 15.2 Å². The molecule has 0 fully saturated rings. The normalized spacial score (nSPS) is 10.2. The first-order chi connectivity index (χ1) is 6.25. The lowest BCUT2D eigenvalue weighted by molar-refractivity contribution is 0.149. The predicted molar refractivity (Wildman–Crippen MR) is 49.6 cm³/mol. The summed E-state index contributed by atoms with van der Waals surface area (Å²) in [4.78, 5) is 0.815. The fourth-order valence-corrected chi connectivity index (χ4v) is 1.19. The lowest BCUT2D eigenvalue weighted by atomic mass is 10.1. The van der Waals surface area contributed by atoms with Crippen molar-refractivity contribution < 1.29 is 5.21 Å². The van der Waals surface area contributed by atoms with Gasteiger partial charge in [-0.2, -0.15) is 0 Å². The minimum absolute atomic E-state index is 0.780. The van der Waals surface area contributed by atoms with Gasteiger partial charge >= 0.3 is 0 Å². The number of nitrogens with zero attached hydrogens (tertiary/aromatic N) is 2. The quantitative estimate of drug-likeness (QED) is 0.672. The van der Waals surface area contributed by atoms with Gasteiger partial charge in [0.1, 0.15) is 0 Å². The van der Waals surface area contributed by atoms with E-state index in [0.29, 0.717) is 0 Å². The van der Waals surface area contributed by atoms with Crippen LogP contribution in [0, 0.1) is 6.92 Å². The van der Waals surface area contributed by atoms with E-state index in [1.807, 2.05) is 31.2 Å². The number of rotatable bonds is 1. The molecule has 0 saturated heterocycles. The lowest BCUT2D eigenvalue weighted by Gasteiger charge is -1.96. The van der Waals surface area contributed by atoms with Gasteiger partial charge in [0, 0.05) is 5.56 Å². The van der Waals surface area contributed by atoms with Crippen LogP contribution in [0.1, 0.15) is 5.56 Å². The van der Waals surface area contributed by atoms with Gasteiger partial charge in [0.2, 0.25) is 0 Å². The number of hydrogen-bond donors (Lipinski definition) is 1. The molecular formula is C10H10N2O. The standard InChI is InChI=1S/C10H10N2O/c1-8-2-4-9(5-3-8)10-6-7-12(13)11-10/h2-7,13H,1H3. The Bertz CT molecular complexity index is 403. The Morgan fingerprint density at radius 2 is 1.85 bits per heavy atom. The largest absolute Gasteiger partial charge is 0.412 e. The van der Waals surface area contributed by atoms with Crippen LogP contribution in [0.15, 0.2) is 36.5 Å². The smallest absolute Gasteiger partial charge is 0.0958 e. The molecule has 2 rings (SSSR count). The molecule has 0 atom stereocenters. The second-order valence-electron chi connectivity index (χ2n) is 2.99. The molecule has 1 aromatic heterocycles. The molecule has 0 saturated carbocycles. The van der Waals surface area contributed by atoms with E-state index < -0.39 is 0 Å². The van der Waals surface area contributed by atoms with Crippen molar-refractivity contribution in [3.05, 3.63) is 42.1 Å². The van der Waals surface area contributed by atoms with Gasteiger partial charge in [0.25, 0.3) is 0 Å². The topological polar surface area (TPSA) is 38.0 Å². The van der Waals surface area contributed by atoms with E-state index >= 15 is 0 Å². The second-order valence-corrected chi connectivity index (χ2v) is 2.99. The van der Waals surface area contributed by atoms with Crippen molar-refractivity contribution in [2.24, 2.45) is 0 Å². The predicted octanol–water partition coefficient (Wildman–Crippen LogP) is 2.10. The van der Waals surface area contributed by atoms with Gasteiger partial charge in [-0.3, -0.25) is 0 Å². The zero-order valence-corrected chi connectivity index (χ0v) is 7.31. The maximum atomic E-state index is 8.97. The molecule has 3 nitrogen and oxygen atoms in total. The Morgan fingerprint density at radius 1 is 1.15 bits per heavy atom. The van der Waals surface area contributed by atoms with Crippen LogP contribution in [0.25, 0.3) is 11.3 Å². The van der Waals surface area contributed by atoms with Gasteiger partial charge in [-0.05, 0) is 13.0 Å². The first-order valence-electron chi connectivity index (χ1n) is 4.08. The van der Waals surface area contributed by atoms with E-state index in [4.69, 9.17) is 5.21 Å². The number of hydrogen-bond acceptors (Lipinski definition) is 2. The molecule has 0 aliphatic rings. The molecule has 0 bridgehead atoms. The Balaban J connectivity index is 2.41. The van der Waals surface area contributed by atoms with E-state index in [2.05, 4.69) is 5.10 Å². The molecule has 66 valence electrons. The molecular weight excluding hydrogens is 164 g/mol. The number of aryl methyl sites for hydroxylation is 1. The molecule has 2 aromatic rings. The van der Waals surface area contributed by atoms with Crippen LogP contribution in [-0.2, 0) is 0 Å². The molecule has 1 N–H and O–H groups in total. The van der Waals surface area contributed by atoms with E-state index in [0.717, 1.165) is 16.1 Å². The van der Waals surface area contributed by atoms with Crippen molar-refractivity contribution in [3.8, 4) is 11.3 Å². The summed E-state index contributed by atoms with van der Waals surface area (Å²) in [6.07, 6.45) is 1.51. The van der Waals surface area contributed by atoms with Crippen LogP contribution in [0.4, 0.5) is 0 Å². The van der Waals surface area contributed by atoms with E-state index in [-0.39, 0.29) is 0 Å². The van der Waals surface area contributed by atoms with Crippen LogP contribution in [0.3, 0.4) is 0 Å². The maximum Gasteiger partial charge on any atom is 0.0958 e. The van der Waals surface area contributed by atoms with Crippen molar-refractivity contribution in [1.29, 1.82) is 0 Å². The molecule has 3 heteroatoms. The van der Waals surface area contributed by atoms with Gasteiger partial charge in [-0.1, -0.05) is 29.8 Å². The molecule has 0 aliphatic carbocycles. The highest BCUT2D eigenvalue weighted by Crippen LogP contribution is 2.16. The van der Waals surface area contributed by atoms with Crippen LogP contribution < -0.4 is 0 Å². The summed E-state index contributed by atoms with van der Waals surface area (Å²) < 4.78 is 0. The zero-order chi connectivity index (χ0) is 9.26. The lowest BCUT2D eigenvalue weighted by Crippen LogP contribution is -1.89. The summed E-state index contributed by atoms with van der Waals surface area (Å²) in [7, 11) is 0. The van der Waals surface area contributed by atoms with Crippen LogP contribution in [0.5, 0.6) is 0 Å². The van der Waals surface area contributed by atoms with Gasteiger partial charge < -0.3 is 5.21 Å². The monoisotopic (exact) mass is 174 g/mol. The van der Waals surface area contributed by atoms with Crippen molar-refractivity contribution in [2.45, 2.75) is 6.92 Å². The molecule has 13 heavy (non-hydrogen) atoms. The first-order valence-corrected chi connectivity index (χ1v) is 4.08. The molecule has 0 unspecified atom stereocenters. The number of aromatic nitrogens is 2. The third kappa shape index (κ3) is 1.54. The molecule has 1 aromatic carbocycles. The summed E-state index contributed by atoms with van der Waals surface area (Å²) in [5.74, 6) is 0. The van der Waals surface area contributed by atoms with Crippen molar-refractivity contribution in [3.63, 3.8) is 0 Å². The fraction of sp³-hybridized carbons (Fsp3) is 0.100. The second kappa shape index (κ2) is 2.94. The third-order valence-corrected chi connectivity index (χ3v) is 1.92. The van der Waals surface area contributed by atoms with E-state index in [1.54, 1.807) is 6.07 Å². The van der Waals surface area contributed by atoms with Gasteiger partial charge in [0.05, 0.1) is 11.9 Å². The average Bonchev–Trinajstić information content (AvgIpc) is 2.53. The SMILES string of the molecule is Cc1ccc(-c2ccn(O)n2)cc1. The molecule has 1 heterocycles. The van der Waals surface area contributed by atoms with Crippen molar-refractivity contribution >= 4 is 0 Å². The maximum absolute atomic E-state index is 8.97. The van der Waals surface area contributed by atoms with Crippen molar-refractivity contribution in [1.82, 2.24) is 9.94 Å². The van der Waals surface area contributed by atoms with E-state index in [9.17, 15) is 0 Å². The Labute approximate surface area is 76.2 Å². The summed E-state index contributed by atoms with van der Waals surface area (Å²) >= 11 is 0. The zero-order valence-electron chi connectivity index (χ0n) is 7.31. The molecule has 0 aliphatic heterocycles. The van der Waals surface area contributed by atoms with Gasteiger partial charge in [-0.15, -0.1) is 9.94 Å². The van der Waals surface area contributed by atoms with Crippen LogP contribution >= 0.6 is 0 Å². The highest BCUT2D eigenvalue weighted by molar-refractivity contribution is 5.58. The fourth-order valence-electron chi connectivity index (χ4n) is 1.19. The van der Waals surface area contributed by atoms with Gasteiger partial charge in [-0.25, -0.2) is 0 Å². The highest BCUT2D eigenvalue weighted by Gasteiger charge is 1.99. The minimum Gasteiger partial charge on any atom is -0.412 e. The first kappa shape index (κ1) is 7.86. The molecule has 0 radical (unpaired) electrons. The molecule has 0 spiro atoms. The Morgan fingerprint density at radius 3 is 2.38 bits per heavy atom. The average molecular weight is 174 g/mol.